The third-order valence-electron chi connectivity index (χ3n) is 1.87. The number of carboxylic acid groups (broad SMARTS) is 1. The minimum Gasteiger partial charge on any atom is -0.496 e. The van der Waals surface area contributed by atoms with E-state index in [9.17, 15) is 9.59 Å². The van der Waals surface area contributed by atoms with E-state index in [1.54, 1.807) is 0 Å². The Balaban J connectivity index is 3.22. The number of halogens is 1. The Morgan fingerprint density at radius 1 is 1.47 bits per heavy atom. The molecule has 0 amide bonds. The number of carboxylic acids is 1. The number of ether oxygens (including phenoxy) is 1. The molecule has 15 heavy (non-hydrogen) atoms. The van der Waals surface area contributed by atoms with Crippen molar-refractivity contribution in [2.75, 3.05) is 13.0 Å². The molecular formula is C10H9ClO4. The van der Waals surface area contributed by atoms with E-state index in [1.807, 2.05) is 0 Å². The Hall–Kier alpha value is -1.55. The summed E-state index contributed by atoms with van der Waals surface area (Å²) in [5.41, 5.74) is 0.219. The summed E-state index contributed by atoms with van der Waals surface area (Å²) in [6.07, 6.45) is 0. The topological polar surface area (TPSA) is 63.6 Å². The lowest BCUT2D eigenvalue weighted by Crippen LogP contribution is -2.05. The molecule has 4 nitrogen and oxygen atoms in total. The highest BCUT2D eigenvalue weighted by Crippen LogP contribution is 2.20. The van der Waals surface area contributed by atoms with Crippen molar-refractivity contribution >= 4 is 23.4 Å². The van der Waals surface area contributed by atoms with Gasteiger partial charge in [-0.05, 0) is 18.2 Å². The molecule has 0 heterocycles. The van der Waals surface area contributed by atoms with E-state index in [2.05, 4.69) is 0 Å². The number of carbonyl (C=O) groups is 2. The van der Waals surface area contributed by atoms with Crippen LogP contribution in [-0.4, -0.2) is 29.8 Å². The van der Waals surface area contributed by atoms with Gasteiger partial charge in [-0.25, -0.2) is 4.79 Å². The van der Waals surface area contributed by atoms with Gasteiger partial charge in [0.05, 0.1) is 13.0 Å². The first kappa shape index (κ1) is 11.5. The monoisotopic (exact) mass is 228 g/mol. The molecular weight excluding hydrogens is 220 g/mol. The Kier molecular flexibility index (Phi) is 3.68. The number of hydrogen-bond acceptors (Lipinski definition) is 3. The number of benzene rings is 1. The molecule has 0 atom stereocenters. The average molecular weight is 229 g/mol. The standard InChI is InChI=1S/C10H9ClO4/c1-15-9-3-2-6(8(12)5-11)4-7(9)10(13)14/h2-4H,5H2,1H3,(H,13,14). The summed E-state index contributed by atoms with van der Waals surface area (Å²) in [6.45, 7) is 0. The van der Waals surface area contributed by atoms with Crippen molar-refractivity contribution in [3.8, 4) is 5.75 Å². The molecule has 0 aliphatic carbocycles. The fourth-order valence-electron chi connectivity index (χ4n) is 1.13. The molecule has 1 aromatic rings. The molecule has 0 saturated heterocycles. The van der Waals surface area contributed by atoms with Crippen molar-refractivity contribution in [3.63, 3.8) is 0 Å². The molecule has 1 aromatic carbocycles. The van der Waals surface area contributed by atoms with Gasteiger partial charge in [0, 0.05) is 5.56 Å². The van der Waals surface area contributed by atoms with Gasteiger partial charge in [0.25, 0.3) is 0 Å². The maximum absolute atomic E-state index is 11.2. The zero-order valence-corrected chi connectivity index (χ0v) is 8.75. The number of ketones is 1. The SMILES string of the molecule is COc1ccc(C(=O)CCl)cc1C(=O)O. The zero-order chi connectivity index (χ0) is 11.4. The van der Waals surface area contributed by atoms with Crippen molar-refractivity contribution in [3.05, 3.63) is 29.3 Å². The lowest BCUT2D eigenvalue weighted by atomic mass is 10.1. The molecule has 0 spiro atoms. The summed E-state index contributed by atoms with van der Waals surface area (Å²) in [6, 6.07) is 4.17. The first-order valence-corrected chi connectivity index (χ1v) is 4.64. The highest BCUT2D eigenvalue weighted by Gasteiger charge is 2.14. The minimum absolute atomic E-state index is 0.0477. The second-order valence-corrected chi connectivity index (χ2v) is 3.04. The van der Waals surface area contributed by atoms with Crippen molar-refractivity contribution < 1.29 is 19.4 Å². The molecule has 0 aliphatic rings. The van der Waals surface area contributed by atoms with Gasteiger partial charge in [0.1, 0.15) is 11.3 Å². The van der Waals surface area contributed by atoms with E-state index in [4.69, 9.17) is 21.4 Å². The van der Waals surface area contributed by atoms with Gasteiger partial charge >= 0.3 is 5.97 Å². The lowest BCUT2D eigenvalue weighted by molar-refractivity contribution is 0.0693. The van der Waals surface area contributed by atoms with E-state index in [-0.39, 0.29) is 28.5 Å². The number of aromatic carboxylic acids is 1. The number of Topliss-reactive ketones (excluding diaryl/α,β-unsaturated/α-hetero) is 1. The Morgan fingerprint density at radius 3 is 2.60 bits per heavy atom. The Labute approximate surface area is 91.4 Å². The normalized spacial score (nSPS) is 9.73. The summed E-state index contributed by atoms with van der Waals surface area (Å²) in [7, 11) is 1.37. The summed E-state index contributed by atoms with van der Waals surface area (Å²) in [4.78, 5) is 22.0. The van der Waals surface area contributed by atoms with Gasteiger partial charge in [-0.15, -0.1) is 11.6 Å². The molecule has 1 N–H and O–H groups in total. The molecule has 0 saturated carbocycles. The van der Waals surface area contributed by atoms with E-state index in [0.29, 0.717) is 0 Å². The fourth-order valence-corrected chi connectivity index (χ4v) is 1.28. The van der Waals surface area contributed by atoms with Crippen LogP contribution in [-0.2, 0) is 0 Å². The third kappa shape index (κ3) is 2.47. The number of rotatable bonds is 4. The quantitative estimate of drug-likeness (QED) is 0.631. The number of carbonyl (C=O) groups excluding carboxylic acids is 1. The Morgan fingerprint density at radius 2 is 2.13 bits per heavy atom. The van der Waals surface area contributed by atoms with Gasteiger partial charge in [-0.1, -0.05) is 0 Å². The molecule has 80 valence electrons. The maximum Gasteiger partial charge on any atom is 0.339 e. The van der Waals surface area contributed by atoms with Crippen LogP contribution >= 0.6 is 11.6 Å². The predicted molar refractivity (Wildman–Crippen MR) is 55.0 cm³/mol. The fraction of sp³-hybridized carbons (Fsp3) is 0.200. The lowest BCUT2D eigenvalue weighted by Gasteiger charge is -2.05. The van der Waals surface area contributed by atoms with Crippen LogP contribution in [0.4, 0.5) is 0 Å². The van der Waals surface area contributed by atoms with Crippen LogP contribution in [0.5, 0.6) is 5.75 Å². The van der Waals surface area contributed by atoms with Crippen LogP contribution in [0, 0.1) is 0 Å². The van der Waals surface area contributed by atoms with Crippen LogP contribution in [0.1, 0.15) is 20.7 Å². The average Bonchev–Trinajstić information content (AvgIpc) is 2.27. The second-order valence-electron chi connectivity index (χ2n) is 2.78. The zero-order valence-electron chi connectivity index (χ0n) is 7.99. The van der Waals surface area contributed by atoms with Crippen LogP contribution in [0.2, 0.25) is 0 Å². The summed E-state index contributed by atoms with van der Waals surface area (Å²) < 4.78 is 4.85. The smallest absolute Gasteiger partial charge is 0.339 e. The second kappa shape index (κ2) is 4.79. The van der Waals surface area contributed by atoms with Gasteiger partial charge in [-0.3, -0.25) is 4.79 Å². The van der Waals surface area contributed by atoms with Gasteiger partial charge < -0.3 is 9.84 Å². The number of hydrogen-bond donors (Lipinski definition) is 1. The predicted octanol–water partition coefficient (Wildman–Crippen LogP) is 1.81. The van der Waals surface area contributed by atoms with Gasteiger partial charge in [-0.2, -0.15) is 0 Å². The van der Waals surface area contributed by atoms with Gasteiger partial charge in [0.2, 0.25) is 0 Å². The first-order chi connectivity index (χ1) is 7.10. The van der Waals surface area contributed by atoms with Crippen molar-refractivity contribution in [2.45, 2.75) is 0 Å². The van der Waals surface area contributed by atoms with Crippen molar-refractivity contribution in [1.82, 2.24) is 0 Å². The number of alkyl halides is 1. The van der Waals surface area contributed by atoms with E-state index >= 15 is 0 Å². The molecule has 0 aromatic heterocycles. The highest BCUT2D eigenvalue weighted by molar-refractivity contribution is 6.30. The summed E-state index contributed by atoms with van der Waals surface area (Å²) in [5.74, 6) is -1.42. The van der Waals surface area contributed by atoms with Crippen LogP contribution in [0.15, 0.2) is 18.2 Å². The third-order valence-corrected chi connectivity index (χ3v) is 2.12. The molecule has 0 aliphatic heterocycles. The molecule has 0 unspecified atom stereocenters. The van der Waals surface area contributed by atoms with Crippen molar-refractivity contribution in [1.29, 1.82) is 0 Å². The van der Waals surface area contributed by atoms with E-state index in [0.717, 1.165) is 0 Å². The molecule has 0 radical (unpaired) electrons. The summed E-state index contributed by atoms with van der Waals surface area (Å²) >= 11 is 5.36. The first-order valence-electron chi connectivity index (χ1n) is 4.10. The molecule has 0 fully saturated rings. The molecule has 0 bridgehead atoms. The Bertz CT molecular complexity index is 400. The van der Waals surface area contributed by atoms with Crippen molar-refractivity contribution in [2.24, 2.45) is 0 Å². The highest BCUT2D eigenvalue weighted by atomic mass is 35.5. The maximum atomic E-state index is 11.2. The molecule has 5 heteroatoms. The van der Waals surface area contributed by atoms with Gasteiger partial charge in [0.15, 0.2) is 5.78 Å². The van der Waals surface area contributed by atoms with E-state index in [1.165, 1.54) is 25.3 Å². The van der Waals surface area contributed by atoms with Crippen LogP contribution in [0.3, 0.4) is 0 Å². The minimum atomic E-state index is -1.14. The molecule has 1 rings (SSSR count). The summed E-state index contributed by atoms with van der Waals surface area (Å²) in [5, 5.41) is 8.85. The largest absolute Gasteiger partial charge is 0.496 e. The number of methoxy groups -OCH3 is 1. The van der Waals surface area contributed by atoms with Crippen LogP contribution < -0.4 is 4.74 Å². The van der Waals surface area contributed by atoms with Crippen LogP contribution in [0.25, 0.3) is 0 Å². The van der Waals surface area contributed by atoms with E-state index < -0.39 is 5.97 Å².